The lowest BCUT2D eigenvalue weighted by atomic mass is 9.97. The van der Waals surface area contributed by atoms with Crippen molar-refractivity contribution in [2.45, 2.75) is 27.2 Å². The number of carbonyl (C=O) groups is 1. The Morgan fingerprint density at radius 1 is 1.39 bits per heavy atom. The van der Waals surface area contributed by atoms with E-state index < -0.39 is 0 Å². The van der Waals surface area contributed by atoms with Gasteiger partial charge in [-0.05, 0) is 17.0 Å². The first kappa shape index (κ1) is 12.6. The summed E-state index contributed by atoms with van der Waals surface area (Å²) in [5.41, 5.74) is 1.62. The molecule has 1 aromatic rings. The second kappa shape index (κ2) is 4.44. The minimum absolute atomic E-state index is 0.0584. The van der Waals surface area contributed by atoms with E-state index in [-0.39, 0.29) is 17.2 Å². The third-order valence-corrected chi connectivity index (χ3v) is 2.64. The number of ether oxygens (including phenoxy) is 1. The van der Waals surface area contributed by atoms with Gasteiger partial charge in [0.05, 0.1) is 18.6 Å². The van der Waals surface area contributed by atoms with Gasteiger partial charge in [-0.25, -0.2) is 0 Å². The zero-order chi connectivity index (χ0) is 13.3. The van der Waals surface area contributed by atoms with Crippen molar-refractivity contribution >= 4 is 11.7 Å². The van der Waals surface area contributed by atoms with Crippen LogP contribution in [0.2, 0.25) is 0 Å². The molecule has 0 atom stereocenters. The standard InChI is InChI=1S/C14H18N2O2/c1-14(2,3)8-18-10-6-4-5-9-7-11(17)16-13(15)12(9)10/h4-6H,7-8H2,1-3H3,(H2,15,16,17). The molecule has 4 heteroatoms. The summed E-state index contributed by atoms with van der Waals surface area (Å²) in [6.45, 7) is 6.85. The van der Waals surface area contributed by atoms with E-state index in [2.05, 4.69) is 26.1 Å². The third kappa shape index (κ3) is 2.70. The molecule has 1 aliphatic heterocycles. The van der Waals surface area contributed by atoms with E-state index in [4.69, 9.17) is 10.1 Å². The molecule has 96 valence electrons. The van der Waals surface area contributed by atoms with E-state index in [0.717, 1.165) is 5.56 Å². The maximum absolute atomic E-state index is 11.4. The molecule has 1 amide bonds. The molecule has 0 unspecified atom stereocenters. The fourth-order valence-corrected chi connectivity index (χ4v) is 1.84. The largest absolute Gasteiger partial charge is 0.492 e. The van der Waals surface area contributed by atoms with Crippen LogP contribution in [0.3, 0.4) is 0 Å². The fraction of sp³-hybridized carbons (Fsp3) is 0.429. The van der Waals surface area contributed by atoms with Crippen molar-refractivity contribution < 1.29 is 9.53 Å². The summed E-state index contributed by atoms with van der Waals surface area (Å²) < 4.78 is 5.78. The number of hydrogen-bond donors (Lipinski definition) is 2. The van der Waals surface area contributed by atoms with E-state index in [1.165, 1.54) is 0 Å². The minimum Gasteiger partial charge on any atom is -0.492 e. The Morgan fingerprint density at radius 3 is 2.78 bits per heavy atom. The number of fused-ring (bicyclic) bond motifs is 1. The summed E-state index contributed by atoms with van der Waals surface area (Å²) >= 11 is 0. The lowest BCUT2D eigenvalue weighted by Crippen LogP contribution is -2.37. The number of amides is 1. The van der Waals surface area contributed by atoms with Crippen LogP contribution in [0.25, 0.3) is 0 Å². The van der Waals surface area contributed by atoms with Gasteiger partial charge in [-0.15, -0.1) is 0 Å². The molecular weight excluding hydrogens is 228 g/mol. The topological polar surface area (TPSA) is 62.2 Å². The number of carbonyl (C=O) groups excluding carboxylic acids is 1. The molecule has 0 saturated heterocycles. The van der Waals surface area contributed by atoms with Crippen LogP contribution in [0.5, 0.6) is 5.75 Å². The zero-order valence-electron chi connectivity index (χ0n) is 11.0. The quantitative estimate of drug-likeness (QED) is 0.839. The van der Waals surface area contributed by atoms with E-state index in [0.29, 0.717) is 24.3 Å². The molecular formula is C14H18N2O2. The molecule has 1 aromatic carbocycles. The summed E-state index contributed by atoms with van der Waals surface area (Å²) in [6, 6.07) is 5.58. The maximum Gasteiger partial charge on any atom is 0.229 e. The molecule has 0 saturated carbocycles. The van der Waals surface area contributed by atoms with E-state index in [1.54, 1.807) is 0 Å². The Morgan fingerprint density at radius 2 is 2.11 bits per heavy atom. The molecule has 0 bridgehead atoms. The Hall–Kier alpha value is -1.84. The highest BCUT2D eigenvalue weighted by molar-refractivity contribution is 6.12. The highest BCUT2D eigenvalue weighted by atomic mass is 16.5. The fourth-order valence-electron chi connectivity index (χ4n) is 1.84. The Labute approximate surface area is 107 Å². The summed E-state index contributed by atoms with van der Waals surface area (Å²) in [6.07, 6.45) is 0.310. The summed E-state index contributed by atoms with van der Waals surface area (Å²) in [7, 11) is 0. The van der Waals surface area contributed by atoms with Gasteiger partial charge in [0.2, 0.25) is 5.91 Å². The van der Waals surface area contributed by atoms with Crippen molar-refractivity contribution in [3.63, 3.8) is 0 Å². The van der Waals surface area contributed by atoms with Crippen LogP contribution in [0.1, 0.15) is 31.9 Å². The van der Waals surface area contributed by atoms with Gasteiger partial charge in [0, 0.05) is 0 Å². The SMILES string of the molecule is CC(C)(C)COc1cccc2c1C(=N)NC(=O)C2. The monoisotopic (exact) mass is 246 g/mol. The van der Waals surface area contributed by atoms with Crippen LogP contribution in [0.15, 0.2) is 18.2 Å². The van der Waals surface area contributed by atoms with Gasteiger partial charge in [0.1, 0.15) is 11.6 Å². The van der Waals surface area contributed by atoms with Crippen LogP contribution in [0.4, 0.5) is 0 Å². The molecule has 1 heterocycles. The predicted octanol–water partition coefficient (Wildman–Crippen LogP) is 2.11. The number of benzene rings is 1. The van der Waals surface area contributed by atoms with E-state index >= 15 is 0 Å². The molecule has 0 aliphatic carbocycles. The summed E-state index contributed by atoms with van der Waals surface area (Å²) in [5.74, 6) is 0.665. The van der Waals surface area contributed by atoms with Gasteiger partial charge >= 0.3 is 0 Å². The number of amidine groups is 1. The first-order valence-electron chi connectivity index (χ1n) is 6.00. The van der Waals surface area contributed by atoms with Crippen LogP contribution in [-0.2, 0) is 11.2 Å². The van der Waals surface area contributed by atoms with Gasteiger partial charge in [0.25, 0.3) is 0 Å². The average molecular weight is 246 g/mol. The minimum atomic E-state index is -0.138. The Kier molecular flexibility index (Phi) is 3.11. The first-order valence-corrected chi connectivity index (χ1v) is 6.00. The smallest absolute Gasteiger partial charge is 0.229 e. The second-order valence-corrected chi connectivity index (χ2v) is 5.74. The first-order chi connectivity index (χ1) is 8.37. The van der Waals surface area contributed by atoms with Crippen molar-refractivity contribution in [3.8, 4) is 5.75 Å². The second-order valence-electron chi connectivity index (χ2n) is 5.74. The van der Waals surface area contributed by atoms with E-state index in [9.17, 15) is 4.79 Å². The molecule has 4 nitrogen and oxygen atoms in total. The number of rotatable bonds is 2. The molecule has 18 heavy (non-hydrogen) atoms. The Bertz CT molecular complexity index is 501. The van der Waals surface area contributed by atoms with Crippen LogP contribution in [0, 0.1) is 10.8 Å². The van der Waals surface area contributed by atoms with Gasteiger partial charge < -0.3 is 10.1 Å². The highest BCUT2D eigenvalue weighted by Crippen LogP contribution is 2.27. The van der Waals surface area contributed by atoms with Gasteiger partial charge in [0.15, 0.2) is 0 Å². The normalized spacial score (nSPS) is 15.1. The average Bonchev–Trinajstić information content (AvgIpc) is 2.24. The molecule has 2 N–H and O–H groups in total. The van der Waals surface area contributed by atoms with Gasteiger partial charge in [-0.1, -0.05) is 32.9 Å². The summed E-state index contributed by atoms with van der Waals surface area (Å²) in [4.78, 5) is 11.4. The predicted molar refractivity (Wildman–Crippen MR) is 70.1 cm³/mol. The maximum atomic E-state index is 11.4. The van der Waals surface area contributed by atoms with Crippen molar-refractivity contribution in [2.24, 2.45) is 5.41 Å². The lowest BCUT2D eigenvalue weighted by molar-refractivity contribution is -0.119. The molecule has 1 aliphatic rings. The van der Waals surface area contributed by atoms with Gasteiger partial charge in [-0.3, -0.25) is 10.2 Å². The third-order valence-electron chi connectivity index (χ3n) is 2.64. The zero-order valence-corrected chi connectivity index (χ0v) is 11.0. The molecule has 0 fully saturated rings. The van der Waals surface area contributed by atoms with Crippen LogP contribution in [-0.4, -0.2) is 18.3 Å². The lowest BCUT2D eigenvalue weighted by Gasteiger charge is -2.24. The van der Waals surface area contributed by atoms with Crippen LogP contribution >= 0.6 is 0 Å². The van der Waals surface area contributed by atoms with Crippen molar-refractivity contribution in [1.29, 1.82) is 5.41 Å². The van der Waals surface area contributed by atoms with Crippen molar-refractivity contribution in [3.05, 3.63) is 29.3 Å². The molecule has 0 spiro atoms. The molecule has 0 aromatic heterocycles. The van der Waals surface area contributed by atoms with Gasteiger partial charge in [-0.2, -0.15) is 0 Å². The summed E-state index contributed by atoms with van der Waals surface area (Å²) in [5, 5.41) is 10.4. The van der Waals surface area contributed by atoms with E-state index in [1.807, 2.05) is 18.2 Å². The molecule has 0 radical (unpaired) electrons. The number of nitrogens with one attached hydrogen (secondary N) is 2. The van der Waals surface area contributed by atoms with Crippen molar-refractivity contribution in [1.82, 2.24) is 5.32 Å². The number of hydrogen-bond acceptors (Lipinski definition) is 3. The molecule has 2 rings (SSSR count). The van der Waals surface area contributed by atoms with Crippen LogP contribution < -0.4 is 10.1 Å². The van der Waals surface area contributed by atoms with Crippen molar-refractivity contribution in [2.75, 3.05) is 6.61 Å². The highest BCUT2D eigenvalue weighted by Gasteiger charge is 2.23. The Balaban J connectivity index is 2.30.